The Balaban J connectivity index is 0.000000132. The predicted octanol–water partition coefficient (Wildman–Crippen LogP) is 23.7. The van der Waals surface area contributed by atoms with Gasteiger partial charge in [-0.15, -0.1) is 0 Å². The van der Waals surface area contributed by atoms with Gasteiger partial charge >= 0.3 is 0 Å². The Labute approximate surface area is 802 Å². The second-order valence-electron chi connectivity index (χ2n) is 44.8. The van der Waals surface area contributed by atoms with E-state index >= 15 is 0 Å². The van der Waals surface area contributed by atoms with E-state index in [2.05, 4.69) is 62.9 Å². The zero-order valence-electron chi connectivity index (χ0n) is 82.0. The second-order valence-corrected chi connectivity index (χ2v) is 44.8. The minimum atomic E-state index is -3.54. The van der Waals surface area contributed by atoms with Crippen molar-refractivity contribution in [3.05, 3.63) is 118 Å². The average Bonchev–Trinajstić information content (AvgIpc) is 1.52. The van der Waals surface area contributed by atoms with Crippen molar-refractivity contribution in [2.45, 2.75) is 333 Å². The number of carbonyl (C=O) groups excluding carboxylic acids is 5. The highest BCUT2D eigenvalue weighted by atomic mass is 19.3. The zero-order valence-corrected chi connectivity index (χ0v) is 82.0. The van der Waals surface area contributed by atoms with Gasteiger partial charge in [0.2, 0.25) is 59.3 Å². The first-order valence-corrected chi connectivity index (χ1v) is 47.7. The number of rotatable bonds is 21. The van der Waals surface area contributed by atoms with Crippen molar-refractivity contribution < 1.29 is 96.0 Å². The summed E-state index contributed by atoms with van der Waals surface area (Å²) < 4.78 is 195. The maximum atomic E-state index is 14.7. The molecule has 5 aromatic heterocycles. The Bertz CT molecular complexity index is 6650. The summed E-state index contributed by atoms with van der Waals surface area (Å²) in [6.07, 6.45) is 12.3. The van der Waals surface area contributed by atoms with Gasteiger partial charge in [0.05, 0.1) is 69.6 Å². The largest absolute Gasteiger partial charge is 0.496 e. The molecule has 0 aliphatic heterocycles. The van der Waals surface area contributed by atoms with Crippen LogP contribution in [-0.2, 0) is 57.3 Å². The van der Waals surface area contributed by atoms with E-state index in [1.165, 1.54) is 61.6 Å². The van der Waals surface area contributed by atoms with E-state index in [1.54, 1.807) is 49.0 Å². The van der Waals surface area contributed by atoms with Crippen LogP contribution >= 0.6 is 0 Å². The Morgan fingerprint density at radius 1 is 0.521 bits per heavy atom. The first-order chi connectivity index (χ1) is 64.8. The summed E-state index contributed by atoms with van der Waals surface area (Å²) in [7, 11) is 1.45. The minimum absolute atomic E-state index is 0.0120. The standard InChI is InChI=1S/C22H29N3O2.C21H30FN3O2.C20H20F4N4O.C20H23F3N4O2.C19H20F5N3O/c1-20(2,27)15-5-6-16-17(9-15)25(21(3)7-4-8-21)19(23-16)24-18(26)13-22-10-14(11-22)12-22;1-12(20(2,3)4)18(26)24-19-23-17-15(22)10-13(21(5,6)27)11-16(17)25(19)14-8-7-9-14;1-18(4-3-5-18)28-14-7-11(10-25)6-13(21)16(14)27-17(28)26-15(29)8-12-9-20(23,24)19(12,2)22;1-18(2,3)27-13-8-12(24-5)9-14(29-6)16(13)26-17(27)25-15(28)7-11-10-19(4,21)20(11,22)23;1-17(6-3-7-17)27-15-12(5-4-11(20)14(15)21)25-16(27)26-13(28)8-10-9-19(23,24)18(10,2)22/h5-6,9,14,27H,4,7-8,10-13H2,1-3H3,(H,23,24,26);10-12,14,27H,7-9H2,1-6H3,(H,23,24,26);6-7,12H,3-5,8-9H2,1-2H3,(H,26,27,29);8-9,11H,7,10H2,1-4,6H3,(H,25,26,28);4-5,10H,3,6-9H2,1-2H3,(H,25,26,28). The van der Waals surface area contributed by atoms with Gasteiger partial charge in [-0.05, 0) is 281 Å². The van der Waals surface area contributed by atoms with Gasteiger partial charge in [-0.25, -0.2) is 86.8 Å². The molecule has 38 heteroatoms. The van der Waals surface area contributed by atoms with Gasteiger partial charge in [-0.1, -0.05) is 33.8 Å². The summed E-state index contributed by atoms with van der Waals surface area (Å²) in [4.78, 5) is 88.2. The van der Waals surface area contributed by atoms with Crippen LogP contribution in [0, 0.1) is 81.6 Å². The number of benzene rings is 5. The van der Waals surface area contributed by atoms with Crippen molar-refractivity contribution in [2.24, 2.45) is 40.4 Å². The molecule has 7 atom stereocenters. The number of imidazole rings is 5. The number of hydrogen-bond acceptors (Lipinski definition) is 14. The van der Waals surface area contributed by atoms with Gasteiger partial charge in [0.25, 0.3) is 17.8 Å². The summed E-state index contributed by atoms with van der Waals surface area (Å²) in [5.74, 6) is -17.0. The Hall–Kier alpha value is -11.4. The lowest BCUT2D eigenvalue weighted by Crippen LogP contribution is -2.60. The van der Waals surface area contributed by atoms with Gasteiger partial charge in [-0.2, -0.15) is 5.26 Å². The summed E-state index contributed by atoms with van der Waals surface area (Å²) in [5, 5.41) is 43.6. The normalized spacial score (nSPS) is 24.7. The summed E-state index contributed by atoms with van der Waals surface area (Å²) in [5.41, 5.74) is -5.49. The lowest BCUT2D eigenvalue weighted by atomic mass is 9.43. The Kier molecular flexibility index (Phi) is 26.4. The highest BCUT2D eigenvalue weighted by Gasteiger charge is 2.69. The molecule has 25 nitrogen and oxygen atoms in total. The van der Waals surface area contributed by atoms with Crippen LogP contribution in [0.4, 0.5) is 92.5 Å². The van der Waals surface area contributed by atoms with Gasteiger partial charge < -0.3 is 37.8 Å². The molecule has 20 rings (SSSR count). The Morgan fingerprint density at radius 2 is 0.993 bits per heavy atom. The third-order valence-electron chi connectivity index (χ3n) is 31.2. The first kappa shape index (κ1) is 103. The van der Waals surface area contributed by atoms with Gasteiger partial charge in [0.1, 0.15) is 27.8 Å². The molecule has 10 aromatic rings. The van der Waals surface area contributed by atoms with Crippen LogP contribution in [0.25, 0.3) is 60.0 Å². The van der Waals surface area contributed by atoms with Crippen LogP contribution in [0.1, 0.15) is 282 Å². The monoisotopic (exact) mass is 1960 g/mol. The SMILES string of the molecule is CC(C(=O)Nc1nc2c(F)cc(C(C)(C)O)cc2n1C1CCC1)C(C)(C)C.CC(C)(O)c1ccc2nc(NC(=O)CC34CC(C3)C4)n(C3(C)CCC3)c2c1.CC1(n2c(NC(=O)CC3CC(F)(F)C3(C)F)nc3c(F)cc(C#N)cc32)CCC1.CC1(n2c(NC(=O)CC3CC(F)(F)C3(C)F)nc3ccc(F)c(F)c32)CCC1.[C-]#[N+]c1cc(OC)c2nc(NC(=O)CC3CC(C)(F)C3(F)F)n(C(C)(C)C)c2c1. The molecule has 0 spiro atoms. The molecule has 2 bridgehead atoms. The second kappa shape index (κ2) is 35.9. The maximum Gasteiger partial charge on any atom is 0.284 e. The van der Waals surface area contributed by atoms with Crippen molar-refractivity contribution in [3.63, 3.8) is 0 Å². The van der Waals surface area contributed by atoms with E-state index < -0.39 is 153 Å². The third-order valence-corrected chi connectivity index (χ3v) is 31.2. The number of anilines is 5. The van der Waals surface area contributed by atoms with Crippen molar-refractivity contribution in [1.82, 2.24) is 47.8 Å². The molecular weight excluding hydrogens is 1840 g/mol. The molecule has 10 saturated carbocycles. The van der Waals surface area contributed by atoms with E-state index in [0.29, 0.717) is 75.6 Å². The fourth-order valence-corrected chi connectivity index (χ4v) is 20.8. The van der Waals surface area contributed by atoms with Crippen molar-refractivity contribution in [3.8, 4) is 11.8 Å². The lowest BCUT2D eigenvalue weighted by Gasteiger charge is -2.61. The number of aromatic nitrogens is 10. The number of nitrogens with zero attached hydrogens (tertiary/aromatic N) is 12. The van der Waals surface area contributed by atoms with Gasteiger partial charge in [-0.3, -0.25) is 50.6 Å². The molecule has 7 unspecified atom stereocenters. The molecule has 10 aliphatic rings. The number of fused-ring (bicyclic) bond motifs is 5. The number of ether oxygens (including phenoxy) is 1. The van der Waals surface area contributed by atoms with Crippen LogP contribution in [0.3, 0.4) is 0 Å². The number of hydrogen-bond donors (Lipinski definition) is 7. The number of methoxy groups -OCH3 is 1. The van der Waals surface area contributed by atoms with Crippen molar-refractivity contribution in [1.29, 1.82) is 5.26 Å². The fourth-order valence-electron chi connectivity index (χ4n) is 20.8. The highest BCUT2D eigenvalue weighted by Crippen LogP contribution is 2.67. The average molecular weight is 1960 g/mol. The molecule has 5 aromatic carbocycles. The minimum Gasteiger partial charge on any atom is -0.496 e. The third kappa shape index (κ3) is 19.0. The number of nitriles is 1. The topological polar surface area (TPSA) is 312 Å². The van der Waals surface area contributed by atoms with Crippen molar-refractivity contribution in [2.75, 3.05) is 33.7 Å². The molecule has 5 heterocycles. The van der Waals surface area contributed by atoms with E-state index in [4.69, 9.17) is 21.6 Å². The van der Waals surface area contributed by atoms with E-state index in [-0.39, 0.29) is 86.6 Å². The smallest absolute Gasteiger partial charge is 0.284 e. The Morgan fingerprint density at radius 3 is 1.45 bits per heavy atom. The molecule has 0 radical (unpaired) electrons. The van der Waals surface area contributed by atoms with Gasteiger partial charge in [0.15, 0.2) is 46.0 Å². The fraction of sp³-hybridized carbons (Fsp3) is 0.588. The number of alkyl halides is 9. The number of halogens is 13. The molecule has 140 heavy (non-hydrogen) atoms. The summed E-state index contributed by atoms with van der Waals surface area (Å²) >= 11 is 0. The van der Waals surface area contributed by atoms with E-state index in [9.17, 15) is 91.3 Å². The van der Waals surface area contributed by atoms with Gasteiger partial charge in [0, 0.05) is 90.4 Å². The quantitative estimate of drug-likeness (QED) is 0.0260. The summed E-state index contributed by atoms with van der Waals surface area (Å²) in [6.45, 7) is 36.2. The van der Waals surface area contributed by atoms with Crippen LogP contribution in [0.15, 0.2) is 66.7 Å². The number of carbonyl (C=O) groups is 5. The van der Waals surface area contributed by atoms with E-state index in [1.807, 2.05) is 91.1 Å². The molecular formula is C102H122F13N17O8. The lowest BCUT2D eigenvalue weighted by molar-refractivity contribution is -0.248. The van der Waals surface area contributed by atoms with Crippen LogP contribution in [-0.4, -0.2) is 129 Å². The molecule has 7 N–H and O–H groups in total. The molecule has 5 amide bonds. The molecule has 754 valence electrons. The first-order valence-electron chi connectivity index (χ1n) is 47.7. The molecule has 10 aliphatic carbocycles. The van der Waals surface area contributed by atoms with Crippen LogP contribution < -0.4 is 31.3 Å². The number of aliphatic hydroxyl groups is 2. The zero-order chi connectivity index (χ0) is 103. The number of amides is 5. The summed E-state index contributed by atoms with van der Waals surface area (Å²) in [6, 6.07) is 19.1. The van der Waals surface area contributed by atoms with Crippen LogP contribution in [0.2, 0.25) is 0 Å². The number of nitrogens with one attached hydrogen (secondary N) is 5. The highest BCUT2D eigenvalue weighted by molar-refractivity contribution is 5.98. The maximum absolute atomic E-state index is 14.7. The van der Waals surface area contributed by atoms with E-state index in [0.717, 1.165) is 113 Å². The predicted molar refractivity (Wildman–Crippen MR) is 505 cm³/mol. The van der Waals surface area contributed by atoms with Crippen molar-refractivity contribution >= 4 is 120 Å². The molecule has 0 saturated heterocycles. The van der Waals surface area contributed by atoms with Crippen LogP contribution in [0.5, 0.6) is 5.75 Å². The molecule has 10 fully saturated rings.